The fraction of sp³-hybridized carbons (Fsp3) is 0.273. The van der Waals surface area contributed by atoms with E-state index in [2.05, 4.69) is 30.9 Å². The third kappa shape index (κ3) is 2.40. The Labute approximate surface area is 118 Å². The zero-order chi connectivity index (χ0) is 14.1. The minimum Gasteiger partial charge on any atom is -0.360 e. The predicted molar refractivity (Wildman–Crippen MR) is 76.3 cm³/mol. The molecule has 20 heavy (non-hydrogen) atoms. The topological polar surface area (TPSA) is 115 Å². The lowest BCUT2D eigenvalue weighted by molar-refractivity contribution is 0.379. The first-order valence-corrected chi connectivity index (χ1v) is 6.75. The molecule has 0 radical (unpaired) electrons. The molecule has 0 aliphatic rings. The summed E-state index contributed by atoms with van der Waals surface area (Å²) >= 11 is 1.58. The molecule has 0 aliphatic heterocycles. The molecule has 0 saturated heterocycles. The van der Waals surface area contributed by atoms with Crippen LogP contribution in [0.2, 0.25) is 0 Å². The first-order chi connectivity index (χ1) is 9.65. The summed E-state index contributed by atoms with van der Waals surface area (Å²) in [5.41, 5.74) is 2.46. The van der Waals surface area contributed by atoms with Crippen LogP contribution in [0, 0.1) is 13.8 Å². The normalized spacial score (nSPS) is 10.9. The number of fused-ring (bicyclic) bond motifs is 1. The second-order valence-corrected chi connectivity index (χ2v) is 5.44. The van der Waals surface area contributed by atoms with Crippen LogP contribution in [0.1, 0.15) is 16.6 Å². The van der Waals surface area contributed by atoms with E-state index < -0.39 is 0 Å². The van der Waals surface area contributed by atoms with Crippen LogP contribution in [0.5, 0.6) is 0 Å². The second kappa shape index (κ2) is 5.02. The van der Waals surface area contributed by atoms with Gasteiger partial charge in [0.05, 0.1) is 11.9 Å². The number of hydrogen-bond donors (Lipinski definition) is 3. The fourth-order valence-electron chi connectivity index (χ4n) is 1.81. The predicted octanol–water partition coefficient (Wildman–Crippen LogP) is 1.59. The van der Waals surface area contributed by atoms with Crippen LogP contribution in [0.15, 0.2) is 10.6 Å². The molecule has 0 spiro atoms. The molecular formula is C11H13N7OS. The summed E-state index contributed by atoms with van der Waals surface area (Å²) in [5.74, 6) is 7.54. The van der Waals surface area contributed by atoms with Gasteiger partial charge in [-0.3, -0.25) is 5.43 Å². The standard InChI is InChI=1S/C11H13N7OS/c1-5-3-7-9(13-4-8-14-6(2)18-19-8)15-11(17-12)16-10(7)20-5/h3H,4,12H2,1-2H3,(H2,13,15,16,17). The first kappa shape index (κ1) is 12.8. The third-order valence-corrected chi connectivity index (χ3v) is 3.57. The van der Waals surface area contributed by atoms with Gasteiger partial charge in [0.25, 0.3) is 0 Å². The lowest BCUT2D eigenvalue weighted by atomic mass is 10.3. The number of aromatic nitrogens is 4. The van der Waals surface area contributed by atoms with Crippen molar-refractivity contribution in [1.29, 1.82) is 0 Å². The number of thiophene rings is 1. The van der Waals surface area contributed by atoms with Gasteiger partial charge in [0.1, 0.15) is 10.6 Å². The zero-order valence-corrected chi connectivity index (χ0v) is 11.8. The number of aryl methyl sites for hydroxylation is 2. The Balaban J connectivity index is 1.92. The smallest absolute Gasteiger partial charge is 0.245 e. The Bertz CT molecular complexity index is 750. The van der Waals surface area contributed by atoms with E-state index in [-0.39, 0.29) is 0 Å². The van der Waals surface area contributed by atoms with Gasteiger partial charge in [0, 0.05) is 4.88 Å². The van der Waals surface area contributed by atoms with Gasteiger partial charge in [-0.1, -0.05) is 5.16 Å². The SMILES string of the molecule is Cc1noc(CNc2nc(NN)nc3sc(C)cc23)n1. The molecule has 3 heterocycles. The van der Waals surface area contributed by atoms with Crippen molar-refractivity contribution >= 4 is 33.3 Å². The van der Waals surface area contributed by atoms with Crippen molar-refractivity contribution in [2.45, 2.75) is 20.4 Å². The van der Waals surface area contributed by atoms with Crippen LogP contribution in [0.4, 0.5) is 11.8 Å². The maximum Gasteiger partial charge on any atom is 0.245 e. The fourth-order valence-corrected chi connectivity index (χ4v) is 2.69. The van der Waals surface area contributed by atoms with Crippen LogP contribution in [-0.4, -0.2) is 20.1 Å². The van der Waals surface area contributed by atoms with Crippen molar-refractivity contribution in [3.63, 3.8) is 0 Å². The van der Waals surface area contributed by atoms with E-state index >= 15 is 0 Å². The van der Waals surface area contributed by atoms with Gasteiger partial charge < -0.3 is 9.84 Å². The van der Waals surface area contributed by atoms with Gasteiger partial charge in [-0.2, -0.15) is 9.97 Å². The second-order valence-electron chi connectivity index (χ2n) is 4.20. The van der Waals surface area contributed by atoms with Crippen LogP contribution >= 0.6 is 11.3 Å². The van der Waals surface area contributed by atoms with E-state index in [9.17, 15) is 0 Å². The monoisotopic (exact) mass is 291 g/mol. The van der Waals surface area contributed by atoms with Crippen molar-refractivity contribution in [1.82, 2.24) is 20.1 Å². The van der Waals surface area contributed by atoms with E-state index in [1.807, 2.05) is 13.0 Å². The molecule has 0 saturated carbocycles. The Kier molecular flexibility index (Phi) is 3.20. The van der Waals surface area contributed by atoms with E-state index in [4.69, 9.17) is 10.4 Å². The summed E-state index contributed by atoms with van der Waals surface area (Å²) < 4.78 is 5.06. The summed E-state index contributed by atoms with van der Waals surface area (Å²) in [4.78, 5) is 14.8. The molecule has 0 atom stereocenters. The Hall–Kier alpha value is -2.26. The van der Waals surface area contributed by atoms with E-state index in [0.717, 1.165) is 15.1 Å². The maximum absolute atomic E-state index is 5.39. The molecule has 4 N–H and O–H groups in total. The lowest BCUT2D eigenvalue weighted by Gasteiger charge is -2.06. The highest BCUT2D eigenvalue weighted by molar-refractivity contribution is 7.18. The van der Waals surface area contributed by atoms with Crippen molar-refractivity contribution in [3.05, 3.63) is 22.7 Å². The number of hydrazine groups is 1. The molecule has 0 fully saturated rings. The summed E-state index contributed by atoms with van der Waals surface area (Å²) in [6.45, 7) is 4.19. The van der Waals surface area contributed by atoms with Crippen LogP contribution < -0.4 is 16.6 Å². The summed E-state index contributed by atoms with van der Waals surface area (Å²) in [6, 6.07) is 2.03. The van der Waals surface area contributed by atoms with Gasteiger partial charge in [-0.25, -0.2) is 10.8 Å². The van der Waals surface area contributed by atoms with E-state index in [0.29, 0.717) is 30.0 Å². The van der Waals surface area contributed by atoms with E-state index in [1.54, 1.807) is 18.3 Å². The van der Waals surface area contributed by atoms with Gasteiger partial charge in [0.15, 0.2) is 5.82 Å². The third-order valence-electron chi connectivity index (χ3n) is 2.62. The minimum absolute atomic E-state index is 0.364. The molecule has 0 bridgehead atoms. The van der Waals surface area contributed by atoms with E-state index in [1.165, 1.54) is 0 Å². The van der Waals surface area contributed by atoms with Crippen molar-refractivity contribution in [2.24, 2.45) is 5.84 Å². The van der Waals surface area contributed by atoms with Gasteiger partial charge >= 0.3 is 0 Å². The van der Waals surface area contributed by atoms with Crippen molar-refractivity contribution in [3.8, 4) is 0 Å². The number of hydrogen-bond acceptors (Lipinski definition) is 9. The highest BCUT2D eigenvalue weighted by atomic mass is 32.1. The summed E-state index contributed by atoms with van der Waals surface area (Å²) in [6.07, 6.45) is 0. The first-order valence-electron chi connectivity index (χ1n) is 5.93. The quantitative estimate of drug-likeness (QED) is 0.490. The molecule has 9 heteroatoms. The Morgan fingerprint density at radius 3 is 2.85 bits per heavy atom. The number of nitrogens with two attached hydrogens (primary N) is 1. The van der Waals surface area contributed by atoms with Crippen molar-refractivity contribution < 1.29 is 4.52 Å². The lowest BCUT2D eigenvalue weighted by Crippen LogP contribution is -2.12. The largest absolute Gasteiger partial charge is 0.360 e. The highest BCUT2D eigenvalue weighted by Gasteiger charge is 2.11. The molecule has 8 nitrogen and oxygen atoms in total. The molecule has 104 valence electrons. The Morgan fingerprint density at radius 1 is 1.30 bits per heavy atom. The average Bonchev–Trinajstić information content (AvgIpc) is 3.00. The molecule has 3 rings (SSSR count). The molecule has 0 aromatic carbocycles. The number of nitrogen functional groups attached to an aromatic ring is 1. The number of nitrogens with one attached hydrogen (secondary N) is 2. The molecule has 0 aliphatic carbocycles. The highest BCUT2D eigenvalue weighted by Crippen LogP contribution is 2.29. The van der Waals surface area contributed by atoms with Gasteiger partial charge in [-0.05, 0) is 19.9 Å². The average molecular weight is 291 g/mol. The molecular weight excluding hydrogens is 278 g/mol. The van der Waals surface area contributed by atoms with Crippen LogP contribution in [-0.2, 0) is 6.54 Å². The van der Waals surface area contributed by atoms with Crippen LogP contribution in [0.3, 0.4) is 0 Å². The zero-order valence-electron chi connectivity index (χ0n) is 11.0. The molecule has 0 amide bonds. The summed E-state index contributed by atoms with van der Waals surface area (Å²) in [7, 11) is 0. The molecule has 3 aromatic heterocycles. The Morgan fingerprint density at radius 2 is 2.15 bits per heavy atom. The number of anilines is 2. The summed E-state index contributed by atoms with van der Waals surface area (Å²) in [5, 5.41) is 7.86. The van der Waals surface area contributed by atoms with Gasteiger partial charge in [-0.15, -0.1) is 11.3 Å². The maximum atomic E-state index is 5.39. The van der Waals surface area contributed by atoms with Crippen LogP contribution in [0.25, 0.3) is 10.2 Å². The van der Waals surface area contributed by atoms with Crippen molar-refractivity contribution in [2.75, 3.05) is 10.7 Å². The molecule has 3 aromatic rings. The molecule has 0 unspecified atom stereocenters. The minimum atomic E-state index is 0.364. The van der Waals surface area contributed by atoms with Gasteiger partial charge in [0.2, 0.25) is 11.8 Å². The number of nitrogens with zero attached hydrogens (tertiary/aromatic N) is 4. The number of rotatable bonds is 4.